The van der Waals surface area contributed by atoms with Crippen LogP contribution in [0.15, 0.2) is 30.3 Å². The summed E-state index contributed by atoms with van der Waals surface area (Å²) in [5.41, 5.74) is 1.55. The standard InChI is InChI=1S/C16H16F3OP.2ClH.Ti/c1-9-4-5-13(12(7-9)16(17,18)19)21-14-8-10(2)6-11(3)15(14)20;;;/h4-8,20-21H,1-3H3;2*1H;/q;;;+2/p-2. The van der Waals surface area contributed by atoms with Gasteiger partial charge in [-0.05, 0) is 49.3 Å². The zero-order valence-corrected chi connectivity index (χ0v) is 17.3. The molecular formula is C16H16Cl2F3OPTi. The van der Waals surface area contributed by atoms with Gasteiger partial charge in [0.15, 0.2) is 0 Å². The number of benzene rings is 2. The van der Waals surface area contributed by atoms with Crippen LogP contribution in [0.4, 0.5) is 13.2 Å². The summed E-state index contributed by atoms with van der Waals surface area (Å²) < 4.78 is 39.4. The monoisotopic (exact) mass is 430 g/mol. The number of phenolic OH excluding ortho intramolecular Hbond substituents is 1. The normalized spacial score (nSPS) is 11.3. The number of aromatic hydroxyl groups is 1. The third kappa shape index (κ3) is 6.24. The molecule has 0 amide bonds. The first-order valence-corrected chi connectivity index (χ1v) is 12.1. The van der Waals surface area contributed by atoms with E-state index in [9.17, 15) is 18.3 Å². The van der Waals surface area contributed by atoms with Crippen molar-refractivity contribution >= 4 is 37.8 Å². The molecule has 0 aromatic heterocycles. The molecule has 0 bridgehead atoms. The Labute approximate surface area is 158 Å². The first-order valence-electron chi connectivity index (χ1n) is 6.81. The Bertz CT molecular complexity index is 708. The fourth-order valence-corrected chi connectivity index (χ4v) is 3.62. The molecule has 0 aliphatic heterocycles. The molecule has 0 radical (unpaired) electrons. The summed E-state index contributed by atoms with van der Waals surface area (Å²) in [7, 11) is 9.54. The topological polar surface area (TPSA) is 20.2 Å². The van der Waals surface area contributed by atoms with Gasteiger partial charge in [0, 0.05) is 5.30 Å². The third-order valence-electron chi connectivity index (χ3n) is 3.19. The second kappa shape index (κ2) is 9.45. The van der Waals surface area contributed by atoms with Gasteiger partial charge in [0.25, 0.3) is 0 Å². The van der Waals surface area contributed by atoms with Gasteiger partial charge in [0.2, 0.25) is 0 Å². The van der Waals surface area contributed by atoms with Crippen LogP contribution in [0.3, 0.4) is 0 Å². The molecule has 0 aliphatic carbocycles. The minimum atomic E-state index is -4.39. The van der Waals surface area contributed by atoms with Crippen LogP contribution >= 0.6 is 27.2 Å². The molecule has 0 saturated carbocycles. The van der Waals surface area contributed by atoms with Crippen molar-refractivity contribution in [1.82, 2.24) is 0 Å². The van der Waals surface area contributed by atoms with Crippen LogP contribution in [0.1, 0.15) is 22.3 Å². The first kappa shape index (κ1) is 21.8. The molecule has 1 N–H and O–H groups in total. The summed E-state index contributed by atoms with van der Waals surface area (Å²) in [5, 5.41) is 10.8. The molecule has 24 heavy (non-hydrogen) atoms. The zero-order valence-electron chi connectivity index (χ0n) is 13.2. The van der Waals surface area contributed by atoms with E-state index < -0.39 is 28.8 Å². The average Bonchev–Trinajstić information content (AvgIpc) is 2.46. The van der Waals surface area contributed by atoms with E-state index in [1.165, 1.54) is 6.07 Å². The van der Waals surface area contributed by atoms with Crippen LogP contribution in [0, 0.1) is 20.8 Å². The number of hydrogen-bond donors (Lipinski definition) is 1. The van der Waals surface area contributed by atoms with E-state index in [1.54, 1.807) is 26.0 Å². The van der Waals surface area contributed by atoms with Crippen molar-refractivity contribution in [1.29, 1.82) is 0 Å². The Balaban J connectivity index is 0.000000891. The predicted molar refractivity (Wildman–Crippen MR) is 93.1 cm³/mol. The number of alkyl halides is 3. The van der Waals surface area contributed by atoms with E-state index >= 15 is 0 Å². The maximum absolute atomic E-state index is 13.1. The van der Waals surface area contributed by atoms with Crippen LogP contribution in [0.2, 0.25) is 0 Å². The molecule has 1 nitrogen and oxygen atoms in total. The molecule has 130 valence electrons. The van der Waals surface area contributed by atoms with Crippen molar-refractivity contribution in [2.75, 3.05) is 0 Å². The summed E-state index contributed by atoms with van der Waals surface area (Å²) in [6, 6.07) is 7.86. The molecule has 0 saturated heterocycles. The SMILES string of the molecule is Cc1cc(C)c(O)c(Pc2ccc(C)cc2C(F)(F)F)c1.[Cl][Ti][Cl]. The molecule has 1 unspecified atom stereocenters. The van der Waals surface area contributed by atoms with Crippen LogP contribution in [0.25, 0.3) is 0 Å². The van der Waals surface area contributed by atoms with Crippen LogP contribution < -0.4 is 10.6 Å². The predicted octanol–water partition coefficient (Wildman–Crippen LogP) is 5.34. The summed E-state index contributed by atoms with van der Waals surface area (Å²) in [6.45, 7) is 5.24. The summed E-state index contributed by atoms with van der Waals surface area (Å²) in [4.78, 5) is 0. The Kier molecular flexibility index (Phi) is 8.58. The van der Waals surface area contributed by atoms with Gasteiger partial charge in [-0.2, -0.15) is 13.2 Å². The fourth-order valence-electron chi connectivity index (χ4n) is 2.20. The van der Waals surface area contributed by atoms with Gasteiger partial charge in [-0.25, -0.2) is 0 Å². The van der Waals surface area contributed by atoms with Crippen molar-refractivity contribution in [2.24, 2.45) is 0 Å². The molecule has 8 heteroatoms. The second-order valence-electron chi connectivity index (χ2n) is 5.22. The van der Waals surface area contributed by atoms with Gasteiger partial charge in [-0.3, -0.25) is 0 Å². The molecule has 2 aromatic carbocycles. The fraction of sp³-hybridized carbons (Fsp3) is 0.250. The number of phenols is 1. The van der Waals surface area contributed by atoms with E-state index in [4.69, 9.17) is 18.6 Å². The van der Waals surface area contributed by atoms with E-state index in [1.807, 2.05) is 13.0 Å². The Morgan fingerprint density at radius 2 is 1.54 bits per heavy atom. The molecule has 2 aromatic rings. The van der Waals surface area contributed by atoms with Gasteiger partial charge < -0.3 is 5.11 Å². The van der Waals surface area contributed by atoms with Crippen LogP contribution in [0.5, 0.6) is 5.75 Å². The molecule has 0 heterocycles. The van der Waals surface area contributed by atoms with Crippen molar-refractivity contribution < 1.29 is 35.3 Å². The number of halogens is 5. The number of hydrogen-bond acceptors (Lipinski definition) is 1. The quantitative estimate of drug-likeness (QED) is 0.503. The van der Waals surface area contributed by atoms with Gasteiger partial charge in [0.05, 0.1) is 5.56 Å². The summed E-state index contributed by atoms with van der Waals surface area (Å²) in [6.07, 6.45) is -4.39. The molecule has 0 fully saturated rings. The second-order valence-corrected chi connectivity index (χ2v) is 9.13. The van der Waals surface area contributed by atoms with Crippen molar-refractivity contribution in [2.45, 2.75) is 26.9 Å². The molecule has 0 aliphatic rings. The van der Waals surface area contributed by atoms with E-state index in [2.05, 4.69) is 0 Å². The van der Waals surface area contributed by atoms with Crippen molar-refractivity contribution in [3.63, 3.8) is 0 Å². The molecular weight excluding hydrogens is 415 g/mol. The number of rotatable bonds is 2. The Hall–Kier alpha value is -0.246. The van der Waals surface area contributed by atoms with Gasteiger partial charge in [-0.1, -0.05) is 32.3 Å². The van der Waals surface area contributed by atoms with Crippen molar-refractivity contribution in [3.05, 3.63) is 52.6 Å². The van der Waals surface area contributed by atoms with Gasteiger partial charge in [0.1, 0.15) is 5.75 Å². The summed E-state index contributed by atoms with van der Waals surface area (Å²) in [5.74, 6) is 0.0765. The molecule has 1 atom stereocenters. The van der Waals surface area contributed by atoms with Crippen LogP contribution in [-0.4, -0.2) is 5.11 Å². The zero-order chi connectivity index (χ0) is 18.5. The number of aryl methyl sites for hydroxylation is 3. The Morgan fingerprint density at radius 3 is 2.08 bits per heavy atom. The molecule has 0 spiro atoms. The van der Waals surface area contributed by atoms with Crippen molar-refractivity contribution in [3.8, 4) is 5.75 Å². The Morgan fingerprint density at radius 1 is 0.958 bits per heavy atom. The summed E-state index contributed by atoms with van der Waals surface area (Å²) >= 11 is -0.556. The van der Waals surface area contributed by atoms with Gasteiger partial charge >= 0.3 is 41.8 Å². The average molecular weight is 431 g/mol. The van der Waals surface area contributed by atoms with E-state index in [0.717, 1.165) is 11.6 Å². The van der Waals surface area contributed by atoms with E-state index in [0.29, 0.717) is 16.4 Å². The first-order chi connectivity index (χ1) is 11.1. The minimum absolute atomic E-state index is 0.0765. The molecule has 2 rings (SSSR count). The third-order valence-corrected chi connectivity index (χ3v) is 4.55. The maximum atomic E-state index is 13.1. The van der Waals surface area contributed by atoms with Crippen LogP contribution in [-0.2, 0) is 23.2 Å². The van der Waals surface area contributed by atoms with Gasteiger partial charge in [-0.15, -0.1) is 0 Å². The van der Waals surface area contributed by atoms with E-state index in [-0.39, 0.29) is 19.6 Å².